The Morgan fingerprint density at radius 1 is 0.595 bits per heavy atom. The lowest BCUT2D eigenvalue weighted by Crippen LogP contribution is -2.19. The number of aryl methyl sites for hydroxylation is 2. The van der Waals surface area contributed by atoms with Crippen molar-refractivity contribution >= 4 is 104 Å². The second-order valence-electron chi connectivity index (χ2n) is 15.3. The molecule has 1 unspecified atom stereocenters. The predicted molar refractivity (Wildman–Crippen MR) is 263 cm³/mol. The van der Waals surface area contributed by atoms with Gasteiger partial charge in [-0.25, -0.2) is 0 Å². The summed E-state index contributed by atoms with van der Waals surface area (Å²) in [7, 11) is -11.3. The van der Waals surface area contributed by atoms with Gasteiger partial charge in [-0.1, -0.05) is 6.07 Å². The molecule has 0 aliphatic rings. The lowest BCUT2D eigenvalue weighted by molar-refractivity contribution is 0.159. The van der Waals surface area contributed by atoms with Crippen LogP contribution in [0.15, 0.2) is 153 Å². The first kappa shape index (κ1) is 53.1. The van der Waals surface area contributed by atoms with Crippen LogP contribution in [0.4, 0.5) is 63.3 Å². The van der Waals surface area contributed by atoms with Crippen molar-refractivity contribution in [2.24, 2.45) is 41.1 Å². The Kier molecular flexibility index (Phi) is 15.7. The highest BCUT2D eigenvalue weighted by Crippen LogP contribution is 2.44. The average Bonchev–Trinajstić information content (AvgIpc) is 3.34. The van der Waals surface area contributed by atoms with Crippen LogP contribution in [0, 0.1) is 13.8 Å². The Morgan fingerprint density at radius 2 is 1.14 bits per heavy atom. The number of nitrogens with one attached hydrogen (secondary N) is 3. The van der Waals surface area contributed by atoms with Gasteiger partial charge in [0.05, 0.1) is 47.6 Å². The third-order valence-corrected chi connectivity index (χ3v) is 12.7. The molecule has 0 spiro atoms. The molecule has 0 aliphatic heterocycles. The summed E-state index contributed by atoms with van der Waals surface area (Å²) in [6.45, 7) is 3.08. The van der Waals surface area contributed by atoms with Crippen molar-refractivity contribution in [2.45, 2.75) is 34.8 Å². The van der Waals surface area contributed by atoms with Gasteiger partial charge in [0.1, 0.15) is 33.5 Å². The van der Waals surface area contributed by atoms with Crippen LogP contribution in [0.2, 0.25) is 0 Å². The quantitative estimate of drug-likeness (QED) is 0.0207. The zero-order valence-electron chi connectivity index (χ0n) is 38.6. The number of aromatic nitrogens is 3. The number of phenols is 1. The first-order valence-corrected chi connectivity index (χ1v) is 25.2. The van der Waals surface area contributed by atoms with Crippen molar-refractivity contribution in [3.63, 3.8) is 0 Å². The fourth-order valence-electron chi connectivity index (χ4n) is 6.60. The molecule has 1 heterocycles. The van der Waals surface area contributed by atoms with Gasteiger partial charge in [0, 0.05) is 34.2 Å². The number of fused-ring (bicyclic) bond motifs is 1. The highest BCUT2D eigenvalue weighted by atomic mass is 32.2. The Hall–Kier alpha value is -8.72. The summed E-state index contributed by atoms with van der Waals surface area (Å²) in [5.74, 6) is -0.823. The third-order valence-electron chi connectivity index (χ3n) is 10.2. The summed E-state index contributed by atoms with van der Waals surface area (Å²) in [5, 5.41) is 69.5. The van der Waals surface area contributed by atoms with Gasteiger partial charge in [-0.3, -0.25) is 13.7 Å². The lowest BCUT2D eigenvalue weighted by atomic mass is 10.1. The van der Waals surface area contributed by atoms with Crippen LogP contribution in [0.3, 0.4) is 0 Å². The molecule has 0 bridgehead atoms. The molecule has 7 aromatic rings. The van der Waals surface area contributed by atoms with Crippen LogP contribution in [0.5, 0.6) is 17.2 Å². The van der Waals surface area contributed by atoms with E-state index >= 15 is 0 Å². The Bertz CT molecular complexity index is 3770. The molecule has 31 heteroatoms. The number of methoxy groups -OCH3 is 2. The van der Waals surface area contributed by atoms with E-state index in [0.717, 1.165) is 18.2 Å². The summed E-state index contributed by atoms with van der Waals surface area (Å²) in [6, 6.07) is 21.7. The fourth-order valence-corrected chi connectivity index (χ4v) is 8.26. The number of benzene rings is 6. The predicted octanol–water partition coefficient (Wildman–Crippen LogP) is 9.41. The van der Waals surface area contributed by atoms with E-state index in [0.29, 0.717) is 33.9 Å². The van der Waals surface area contributed by atoms with Crippen molar-refractivity contribution in [2.75, 3.05) is 36.7 Å². The van der Waals surface area contributed by atoms with E-state index in [2.05, 4.69) is 72.0 Å². The lowest BCUT2D eigenvalue weighted by Gasteiger charge is -2.13. The van der Waals surface area contributed by atoms with E-state index in [9.17, 15) is 49.1 Å². The van der Waals surface area contributed by atoms with Gasteiger partial charge >= 0.3 is 0 Å². The average molecular weight is 1070 g/mol. The topological polar surface area (TPSA) is 416 Å². The Balaban J connectivity index is 1.15. The van der Waals surface area contributed by atoms with Crippen molar-refractivity contribution < 1.29 is 63.8 Å². The van der Waals surface area contributed by atoms with Gasteiger partial charge in [0.15, 0.2) is 12.0 Å². The summed E-state index contributed by atoms with van der Waals surface area (Å²) in [5.41, 5.74) is 2.28. The van der Waals surface area contributed by atoms with Crippen LogP contribution >= 0.6 is 0 Å². The molecule has 1 atom stereocenters. The third kappa shape index (κ3) is 13.0. The van der Waals surface area contributed by atoms with Gasteiger partial charge in [-0.15, -0.1) is 20.5 Å². The number of hydrogen-bond donors (Lipinski definition) is 9. The van der Waals surface area contributed by atoms with Crippen molar-refractivity contribution in [3.05, 3.63) is 108 Å². The number of aliphatic hydroxyl groups is 1. The first-order valence-electron chi connectivity index (χ1n) is 20.8. The molecule has 0 aliphatic carbocycles. The SMILES string of the molecule is COc1cc(N=Nc2ccc(S(=O)(=O)O)cc2)c(C)cc1N=Nc1cc(OC)c(N=Nc2c(S(=O)(=O)O)cc3cc(Nc4nc(NCC(O)N=NO)nc(Nc5cccc(S(=O)(=O)O)c5)n4)ccc3c2O)cc1C. The van der Waals surface area contributed by atoms with Crippen molar-refractivity contribution in [1.82, 2.24) is 15.0 Å². The van der Waals surface area contributed by atoms with Gasteiger partial charge in [-0.05, 0) is 109 Å². The molecule has 0 radical (unpaired) electrons. The van der Waals surface area contributed by atoms with Crippen LogP contribution in [-0.2, 0) is 30.4 Å². The number of azo groups is 3. The normalized spacial score (nSPS) is 12.8. The second kappa shape index (κ2) is 22.0. The van der Waals surface area contributed by atoms with Gasteiger partial charge in [-0.2, -0.15) is 55.5 Å². The molecule has 74 heavy (non-hydrogen) atoms. The summed E-state index contributed by atoms with van der Waals surface area (Å²) in [6.07, 6.45) is -1.53. The molecule has 0 saturated heterocycles. The number of aromatic hydroxyl groups is 1. The maximum absolute atomic E-state index is 12.8. The van der Waals surface area contributed by atoms with E-state index in [4.69, 9.17) is 14.7 Å². The maximum Gasteiger partial charge on any atom is 0.296 e. The minimum absolute atomic E-state index is 0.0664. The molecular formula is C43H40N14O14S3. The first-order chi connectivity index (χ1) is 35.0. The van der Waals surface area contributed by atoms with Crippen LogP contribution < -0.4 is 25.4 Å². The zero-order valence-corrected chi connectivity index (χ0v) is 41.1. The standard InChI is InChI=1S/C43H40N14O14S3/c1-22-14-33(35(70-3)19-31(22)51-50-25-8-11-28(12-9-25)72(61,62)63)53-52-32-20-36(71-4)34(15-23(32)2)54-56-39-37(74(67,68)69)17-24-16-27(10-13-30(24)40(39)59)46-43-48-41(44-21-38(58)55-57-60)47-42(49-43)45-26-6-5-7-29(18-26)73(64,65)66/h5-20,38,58-59H,21H2,1-4H3,(H,55,60)(H,61,62,63)(H,64,65,66)(H,67,68,69)(H3,44,45,46,47,48,49). The Morgan fingerprint density at radius 3 is 1.69 bits per heavy atom. The molecule has 0 saturated carbocycles. The molecule has 9 N–H and O–H groups in total. The number of anilines is 5. The number of aliphatic hydroxyl groups excluding tert-OH is 1. The largest absolute Gasteiger partial charge is 0.505 e. The fraction of sp³-hybridized carbons (Fsp3) is 0.140. The monoisotopic (exact) mass is 1070 g/mol. The van der Waals surface area contributed by atoms with Gasteiger partial charge in [0.25, 0.3) is 30.4 Å². The van der Waals surface area contributed by atoms with Crippen molar-refractivity contribution in [1.29, 1.82) is 0 Å². The highest BCUT2D eigenvalue weighted by molar-refractivity contribution is 7.86. The van der Waals surface area contributed by atoms with E-state index in [1.54, 1.807) is 26.0 Å². The molecule has 6 aromatic carbocycles. The number of phenolic OH excluding ortho intramolecular Hbond substituents is 1. The molecule has 28 nitrogen and oxygen atoms in total. The molecule has 0 amide bonds. The number of nitrogens with zero attached hydrogens (tertiary/aromatic N) is 11. The van der Waals surface area contributed by atoms with E-state index in [-0.39, 0.29) is 68.6 Å². The molecule has 7 rings (SSSR count). The van der Waals surface area contributed by atoms with Crippen molar-refractivity contribution in [3.8, 4) is 17.2 Å². The van der Waals surface area contributed by atoms with Gasteiger partial charge in [0.2, 0.25) is 17.8 Å². The minimum Gasteiger partial charge on any atom is -0.505 e. The molecule has 384 valence electrons. The second-order valence-corrected chi connectivity index (χ2v) is 19.5. The molecular weight excluding hydrogens is 1030 g/mol. The summed E-state index contributed by atoms with van der Waals surface area (Å²) < 4.78 is 112. The minimum atomic E-state index is -5.09. The summed E-state index contributed by atoms with van der Waals surface area (Å²) in [4.78, 5) is 11.2. The van der Waals surface area contributed by atoms with Crippen LogP contribution in [-0.4, -0.2) is 96.3 Å². The van der Waals surface area contributed by atoms with E-state index in [1.165, 1.54) is 80.9 Å². The maximum atomic E-state index is 12.8. The Labute approximate surface area is 419 Å². The zero-order chi connectivity index (χ0) is 53.5. The number of hydrogen-bond acceptors (Lipinski definition) is 24. The van der Waals surface area contributed by atoms with E-state index < -0.39 is 57.8 Å². The summed E-state index contributed by atoms with van der Waals surface area (Å²) >= 11 is 0. The van der Waals surface area contributed by atoms with Gasteiger partial charge < -0.3 is 40.8 Å². The highest BCUT2D eigenvalue weighted by Gasteiger charge is 2.23. The van der Waals surface area contributed by atoms with Crippen LogP contribution in [0.25, 0.3) is 10.8 Å². The van der Waals surface area contributed by atoms with E-state index in [1.807, 2.05) is 0 Å². The molecule has 0 fully saturated rings. The van der Waals surface area contributed by atoms with Crippen LogP contribution in [0.1, 0.15) is 11.1 Å². The number of ether oxygens (including phenoxy) is 2. The molecule has 1 aromatic heterocycles. The number of rotatable bonds is 19. The smallest absolute Gasteiger partial charge is 0.296 e.